The second-order valence-electron chi connectivity index (χ2n) is 6.03. The lowest BCUT2D eigenvalue weighted by Gasteiger charge is -2.11. The Labute approximate surface area is 155 Å². The van der Waals surface area contributed by atoms with Crippen molar-refractivity contribution in [3.63, 3.8) is 0 Å². The highest BCUT2D eigenvalue weighted by atomic mass is 16.4. The zero-order chi connectivity index (χ0) is 18.6. The minimum atomic E-state index is -0.851. The molecule has 6 heteroatoms. The lowest BCUT2D eigenvalue weighted by molar-refractivity contribution is -0.136. The number of anilines is 2. The summed E-state index contributed by atoms with van der Waals surface area (Å²) in [5, 5.41) is 13.0. The van der Waals surface area contributed by atoms with Gasteiger partial charge in [-0.3, -0.25) is 4.79 Å². The first-order chi connectivity index (χ1) is 13.2. The summed E-state index contributed by atoms with van der Waals surface area (Å²) < 4.78 is 0. The summed E-state index contributed by atoms with van der Waals surface area (Å²) >= 11 is 0. The van der Waals surface area contributed by atoms with Gasteiger partial charge in [-0.05, 0) is 29.8 Å². The zero-order valence-electron chi connectivity index (χ0n) is 14.3. The number of carboxylic acids is 1. The third kappa shape index (κ3) is 3.74. The van der Waals surface area contributed by atoms with Gasteiger partial charge >= 0.3 is 5.97 Å². The zero-order valence-corrected chi connectivity index (χ0v) is 14.3. The average molecular weight is 356 g/mol. The smallest absolute Gasteiger partial charge is 0.307 e. The number of benzene rings is 2. The van der Waals surface area contributed by atoms with Crippen LogP contribution in [-0.2, 0) is 11.2 Å². The molecule has 4 aromatic rings. The number of aliphatic carboxylic acids is 1. The number of carbonyl (C=O) groups is 1. The number of pyridine rings is 1. The Kier molecular flexibility index (Phi) is 4.45. The van der Waals surface area contributed by atoms with Gasteiger partial charge in [-0.15, -0.1) is 0 Å². The van der Waals surface area contributed by atoms with Crippen molar-refractivity contribution < 1.29 is 9.90 Å². The van der Waals surface area contributed by atoms with Gasteiger partial charge in [-0.25, -0.2) is 15.0 Å². The maximum Gasteiger partial charge on any atom is 0.307 e. The topological polar surface area (TPSA) is 88.0 Å². The molecule has 0 saturated carbocycles. The molecule has 0 fully saturated rings. The van der Waals surface area contributed by atoms with Crippen LogP contribution in [0.4, 0.5) is 11.5 Å². The number of hydrogen-bond acceptors (Lipinski definition) is 5. The fourth-order valence-electron chi connectivity index (χ4n) is 2.79. The van der Waals surface area contributed by atoms with Crippen molar-refractivity contribution in [2.24, 2.45) is 0 Å². The summed E-state index contributed by atoms with van der Waals surface area (Å²) in [5.41, 5.74) is 3.07. The van der Waals surface area contributed by atoms with Gasteiger partial charge in [0.25, 0.3) is 0 Å². The van der Waals surface area contributed by atoms with Gasteiger partial charge in [-0.1, -0.05) is 42.5 Å². The molecule has 2 heterocycles. The van der Waals surface area contributed by atoms with E-state index in [1.807, 2.05) is 54.6 Å². The molecule has 4 rings (SSSR count). The Morgan fingerprint density at radius 1 is 0.926 bits per heavy atom. The summed E-state index contributed by atoms with van der Waals surface area (Å²) in [6.07, 6.45) is 1.70. The molecular weight excluding hydrogens is 340 g/mol. The normalized spacial score (nSPS) is 10.7. The van der Waals surface area contributed by atoms with E-state index in [0.717, 1.165) is 22.2 Å². The first-order valence-corrected chi connectivity index (χ1v) is 8.45. The van der Waals surface area contributed by atoms with Crippen molar-refractivity contribution in [3.8, 4) is 11.4 Å². The fourth-order valence-corrected chi connectivity index (χ4v) is 2.79. The largest absolute Gasteiger partial charge is 0.481 e. The molecule has 2 aromatic carbocycles. The molecule has 0 unspecified atom stereocenters. The standard InChI is InChI=1S/C21H16N4O2/c26-18(27)13-14-8-10-16(11-9-14)23-21-17-7-4-12-22-20(17)24-19(25-21)15-5-2-1-3-6-15/h1-12H,13H2,(H,26,27)(H,22,23,24,25). The van der Waals surface area contributed by atoms with Crippen molar-refractivity contribution in [1.82, 2.24) is 15.0 Å². The maximum atomic E-state index is 10.8. The second kappa shape index (κ2) is 7.21. The Morgan fingerprint density at radius 3 is 2.44 bits per heavy atom. The predicted octanol–water partition coefficient (Wildman–Crippen LogP) is 4.06. The van der Waals surface area contributed by atoms with Crippen LogP contribution in [0.15, 0.2) is 72.9 Å². The highest BCUT2D eigenvalue weighted by Gasteiger charge is 2.10. The summed E-state index contributed by atoms with van der Waals surface area (Å²) in [4.78, 5) is 24.4. The molecule has 0 saturated heterocycles. The molecule has 0 aliphatic carbocycles. The maximum absolute atomic E-state index is 10.8. The number of aromatic nitrogens is 3. The third-order valence-electron chi connectivity index (χ3n) is 4.08. The summed E-state index contributed by atoms with van der Waals surface area (Å²) in [6, 6.07) is 20.7. The van der Waals surface area contributed by atoms with E-state index < -0.39 is 5.97 Å². The molecule has 0 atom stereocenters. The Hall–Kier alpha value is -3.80. The first-order valence-electron chi connectivity index (χ1n) is 8.45. The van der Waals surface area contributed by atoms with Gasteiger partial charge in [0.1, 0.15) is 5.82 Å². The van der Waals surface area contributed by atoms with Crippen LogP contribution >= 0.6 is 0 Å². The summed E-state index contributed by atoms with van der Waals surface area (Å²) in [5.74, 6) is 0.390. The van der Waals surface area contributed by atoms with Crippen LogP contribution in [0.25, 0.3) is 22.4 Å². The van der Waals surface area contributed by atoms with Gasteiger partial charge in [0.2, 0.25) is 0 Å². The number of carboxylic acid groups (broad SMARTS) is 1. The second-order valence-corrected chi connectivity index (χ2v) is 6.03. The van der Waals surface area contributed by atoms with Crippen LogP contribution in [0.3, 0.4) is 0 Å². The van der Waals surface area contributed by atoms with Gasteiger partial charge in [0, 0.05) is 17.4 Å². The molecule has 0 aliphatic heterocycles. The number of fused-ring (bicyclic) bond motifs is 1. The SMILES string of the molecule is O=C(O)Cc1ccc(Nc2nc(-c3ccccc3)nc3ncccc23)cc1. The van der Waals surface area contributed by atoms with E-state index in [4.69, 9.17) is 5.11 Å². The highest BCUT2D eigenvalue weighted by molar-refractivity contribution is 5.89. The minimum Gasteiger partial charge on any atom is -0.481 e. The number of rotatable bonds is 5. The molecule has 0 bridgehead atoms. The van der Waals surface area contributed by atoms with Crippen LogP contribution in [-0.4, -0.2) is 26.0 Å². The van der Waals surface area contributed by atoms with Gasteiger partial charge in [0.15, 0.2) is 11.5 Å². The van der Waals surface area contributed by atoms with Gasteiger partial charge in [0.05, 0.1) is 11.8 Å². The Morgan fingerprint density at radius 2 is 1.70 bits per heavy atom. The molecule has 0 aliphatic rings. The average Bonchev–Trinajstić information content (AvgIpc) is 2.70. The Bertz CT molecular complexity index is 1100. The van der Waals surface area contributed by atoms with Crippen molar-refractivity contribution in [2.45, 2.75) is 6.42 Å². The number of hydrogen-bond donors (Lipinski definition) is 2. The van der Waals surface area contributed by atoms with Crippen LogP contribution in [0.1, 0.15) is 5.56 Å². The van der Waals surface area contributed by atoms with E-state index >= 15 is 0 Å². The molecule has 2 N–H and O–H groups in total. The molecule has 2 aromatic heterocycles. The van der Waals surface area contributed by atoms with E-state index in [9.17, 15) is 4.79 Å². The van der Waals surface area contributed by atoms with Gasteiger partial charge in [-0.2, -0.15) is 0 Å². The van der Waals surface area contributed by atoms with Gasteiger partial charge < -0.3 is 10.4 Å². The molecule has 0 amide bonds. The monoisotopic (exact) mass is 356 g/mol. The lowest BCUT2D eigenvalue weighted by Crippen LogP contribution is -2.02. The van der Waals surface area contributed by atoms with Crippen molar-refractivity contribution >= 4 is 28.5 Å². The summed E-state index contributed by atoms with van der Waals surface area (Å²) in [7, 11) is 0. The van der Waals surface area contributed by atoms with Crippen molar-refractivity contribution in [2.75, 3.05) is 5.32 Å². The van der Waals surface area contributed by atoms with E-state index in [2.05, 4.69) is 20.3 Å². The molecule has 0 spiro atoms. The summed E-state index contributed by atoms with van der Waals surface area (Å²) in [6.45, 7) is 0. The molecule has 0 radical (unpaired) electrons. The molecular formula is C21H16N4O2. The number of nitrogens with zero attached hydrogens (tertiary/aromatic N) is 3. The lowest BCUT2D eigenvalue weighted by atomic mass is 10.1. The van der Waals surface area contributed by atoms with E-state index in [1.165, 1.54) is 0 Å². The van der Waals surface area contributed by atoms with E-state index in [0.29, 0.717) is 17.3 Å². The van der Waals surface area contributed by atoms with Crippen molar-refractivity contribution in [3.05, 3.63) is 78.5 Å². The quantitative estimate of drug-likeness (QED) is 0.561. The van der Waals surface area contributed by atoms with Crippen LogP contribution in [0.5, 0.6) is 0 Å². The van der Waals surface area contributed by atoms with E-state index in [1.54, 1.807) is 18.3 Å². The first kappa shape index (κ1) is 16.7. The predicted molar refractivity (Wildman–Crippen MR) is 104 cm³/mol. The minimum absolute atomic E-state index is 0.00120. The van der Waals surface area contributed by atoms with Crippen molar-refractivity contribution in [1.29, 1.82) is 0 Å². The third-order valence-corrected chi connectivity index (χ3v) is 4.08. The van der Waals surface area contributed by atoms with Crippen LogP contribution in [0, 0.1) is 0 Å². The molecule has 27 heavy (non-hydrogen) atoms. The number of nitrogens with one attached hydrogen (secondary N) is 1. The molecule has 132 valence electrons. The fraction of sp³-hybridized carbons (Fsp3) is 0.0476. The molecule has 6 nitrogen and oxygen atoms in total. The highest BCUT2D eigenvalue weighted by Crippen LogP contribution is 2.26. The van der Waals surface area contributed by atoms with Crippen LogP contribution < -0.4 is 5.32 Å². The van der Waals surface area contributed by atoms with Crippen LogP contribution in [0.2, 0.25) is 0 Å². The Balaban J connectivity index is 1.73. The van der Waals surface area contributed by atoms with E-state index in [-0.39, 0.29) is 6.42 Å².